The molecule has 1 aliphatic heterocycles. The van der Waals surface area contributed by atoms with Gasteiger partial charge in [0.2, 0.25) is 5.91 Å². The lowest BCUT2D eigenvalue weighted by Crippen LogP contribution is -2.42. The number of benzene rings is 3. The number of urea groups is 1. The van der Waals surface area contributed by atoms with Crippen LogP contribution in [0.2, 0.25) is 0 Å². The first-order valence-corrected chi connectivity index (χ1v) is 11.0. The Balaban J connectivity index is 1.50. The van der Waals surface area contributed by atoms with Gasteiger partial charge in [0.25, 0.3) is 5.91 Å². The number of amides is 4. The van der Waals surface area contributed by atoms with E-state index in [1.54, 1.807) is 13.0 Å². The third kappa shape index (κ3) is 4.37. The van der Waals surface area contributed by atoms with E-state index < -0.39 is 23.4 Å². The van der Waals surface area contributed by atoms with Gasteiger partial charge in [-0.1, -0.05) is 86.6 Å². The van der Waals surface area contributed by atoms with Crippen LogP contribution in [0.5, 0.6) is 0 Å². The lowest BCUT2D eigenvalue weighted by atomic mass is 9.90. The molecule has 0 bridgehead atoms. The van der Waals surface area contributed by atoms with Crippen LogP contribution in [0.25, 0.3) is 11.1 Å². The molecule has 6 nitrogen and oxygen atoms in total. The van der Waals surface area contributed by atoms with E-state index in [1.165, 1.54) is 0 Å². The van der Waals surface area contributed by atoms with Crippen LogP contribution in [0.4, 0.5) is 10.5 Å². The Morgan fingerprint density at radius 2 is 1.58 bits per heavy atom. The van der Waals surface area contributed by atoms with Crippen molar-refractivity contribution in [3.05, 3.63) is 90.0 Å². The van der Waals surface area contributed by atoms with Gasteiger partial charge >= 0.3 is 6.03 Å². The summed E-state index contributed by atoms with van der Waals surface area (Å²) in [5.41, 5.74) is 3.05. The highest BCUT2D eigenvalue weighted by Gasteiger charge is 2.49. The molecule has 1 heterocycles. The molecule has 6 heteroatoms. The molecule has 0 saturated carbocycles. The van der Waals surface area contributed by atoms with Crippen LogP contribution in [0.3, 0.4) is 0 Å². The normalized spacial score (nSPS) is 17.9. The minimum atomic E-state index is -1.21. The van der Waals surface area contributed by atoms with Crippen molar-refractivity contribution in [1.29, 1.82) is 0 Å². The molecule has 4 amide bonds. The van der Waals surface area contributed by atoms with Gasteiger partial charge in [-0.3, -0.25) is 14.5 Å². The fraction of sp³-hybridized carbons (Fsp3) is 0.222. The summed E-state index contributed by atoms with van der Waals surface area (Å²) in [5, 5.41) is 5.61. The van der Waals surface area contributed by atoms with E-state index in [0.717, 1.165) is 21.6 Å². The van der Waals surface area contributed by atoms with Crippen LogP contribution in [0, 0.1) is 0 Å². The monoisotopic (exact) mass is 441 g/mol. The average Bonchev–Trinajstić information content (AvgIpc) is 3.04. The molecule has 1 unspecified atom stereocenters. The number of imide groups is 1. The molecule has 1 fully saturated rings. The van der Waals surface area contributed by atoms with E-state index in [4.69, 9.17) is 0 Å². The van der Waals surface area contributed by atoms with Crippen molar-refractivity contribution in [3.63, 3.8) is 0 Å². The van der Waals surface area contributed by atoms with Gasteiger partial charge in [-0.25, -0.2) is 4.79 Å². The smallest absolute Gasteiger partial charge is 0.324 e. The highest BCUT2D eigenvalue weighted by molar-refractivity contribution is 6.10. The molecule has 168 valence electrons. The quantitative estimate of drug-likeness (QED) is 0.535. The van der Waals surface area contributed by atoms with Crippen molar-refractivity contribution in [2.75, 3.05) is 11.9 Å². The minimum Gasteiger partial charge on any atom is -0.324 e. The molecule has 0 spiro atoms. The third-order valence-electron chi connectivity index (χ3n) is 6.02. The Morgan fingerprint density at radius 3 is 2.24 bits per heavy atom. The van der Waals surface area contributed by atoms with Crippen molar-refractivity contribution >= 4 is 23.5 Å². The van der Waals surface area contributed by atoms with E-state index >= 15 is 0 Å². The molecule has 3 aromatic carbocycles. The molecule has 1 aliphatic rings. The number of para-hydroxylation sites is 1. The Hall–Kier alpha value is -3.93. The van der Waals surface area contributed by atoms with Crippen LogP contribution in [0.15, 0.2) is 78.9 Å². The van der Waals surface area contributed by atoms with Gasteiger partial charge in [-0.2, -0.15) is 0 Å². The number of carbonyl (C=O) groups excluding carboxylic acids is 3. The number of nitrogens with zero attached hydrogens (tertiary/aromatic N) is 1. The maximum absolute atomic E-state index is 13.2. The van der Waals surface area contributed by atoms with E-state index in [-0.39, 0.29) is 6.54 Å². The maximum Gasteiger partial charge on any atom is 0.325 e. The molecule has 0 radical (unpaired) electrons. The van der Waals surface area contributed by atoms with Crippen molar-refractivity contribution in [2.45, 2.75) is 32.2 Å². The zero-order valence-corrected chi connectivity index (χ0v) is 19.0. The summed E-state index contributed by atoms with van der Waals surface area (Å²) in [6.07, 6.45) is 0. The number of carbonyl (C=O) groups is 3. The van der Waals surface area contributed by atoms with Crippen LogP contribution in [-0.4, -0.2) is 29.3 Å². The summed E-state index contributed by atoms with van der Waals surface area (Å²) in [5.74, 6) is -0.530. The van der Waals surface area contributed by atoms with Gasteiger partial charge in [-0.05, 0) is 35.6 Å². The van der Waals surface area contributed by atoms with Crippen LogP contribution in [0.1, 0.15) is 37.8 Å². The number of hydrogen-bond donors (Lipinski definition) is 2. The van der Waals surface area contributed by atoms with Crippen LogP contribution in [-0.2, 0) is 15.1 Å². The Labute approximate surface area is 193 Å². The number of rotatable bonds is 6. The van der Waals surface area contributed by atoms with Gasteiger partial charge in [0, 0.05) is 11.3 Å². The van der Waals surface area contributed by atoms with Gasteiger partial charge in [0.05, 0.1) is 0 Å². The summed E-state index contributed by atoms with van der Waals surface area (Å²) >= 11 is 0. The molecule has 0 aromatic heterocycles. The lowest BCUT2D eigenvalue weighted by molar-refractivity contribution is -0.133. The van der Waals surface area contributed by atoms with Gasteiger partial charge in [0.1, 0.15) is 12.1 Å². The second kappa shape index (κ2) is 8.90. The second-order valence-corrected chi connectivity index (χ2v) is 8.68. The van der Waals surface area contributed by atoms with E-state index in [0.29, 0.717) is 17.2 Å². The zero-order valence-electron chi connectivity index (χ0n) is 19.0. The molecular formula is C27H27N3O3. The topological polar surface area (TPSA) is 78.5 Å². The number of anilines is 1. The standard InChI is InChI=1S/C27H27N3O3/c1-18(2)19-13-15-21(16-14-19)27(3)25(32)30(26(33)29-27)17-24(31)28-23-12-8-7-11-22(23)20-9-5-4-6-10-20/h4-16,18H,17H2,1-3H3,(H,28,31)(H,29,33). The van der Waals surface area contributed by atoms with E-state index in [1.807, 2.05) is 72.8 Å². The first kappa shape index (κ1) is 22.3. The largest absolute Gasteiger partial charge is 0.325 e. The van der Waals surface area contributed by atoms with E-state index in [9.17, 15) is 14.4 Å². The summed E-state index contributed by atoms with van der Waals surface area (Å²) < 4.78 is 0. The summed E-state index contributed by atoms with van der Waals surface area (Å²) in [6.45, 7) is 5.48. The molecule has 1 atom stereocenters. The Kier molecular flexibility index (Phi) is 6.01. The van der Waals surface area contributed by atoms with Gasteiger partial charge < -0.3 is 10.6 Å². The van der Waals surface area contributed by atoms with Crippen molar-refractivity contribution < 1.29 is 14.4 Å². The maximum atomic E-state index is 13.2. The molecule has 1 saturated heterocycles. The zero-order chi connectivity index (χ0) is 23.6. The number of nitrogens with one attached hydrogen (secondary N) is 2. The molecule has 3 aromatic rings. The average molecular weight is 442 g/mol. The Bertz CT molecular complexity index is 1190. The Morgan fingerprint density at radius 1 is 0.939 bits per heavy atom. The van der Waals surface area contributed by atoms with Crippen molar-refractivity contribution in [2.24, 2.45) is 0 Å². The van der Waals surface area contributed by atoms with Crippen molar-refractivity contribution in [1.82, 2.24) is 10.2 Å². The predicted octanol–water partition coefficient (Wildman–Crippen LogP) is 4.88. The summed E-state index contributed by atoms with van der Waals surface area (Å²) in [4.78, 5) is 39.6. The first-order chi connectivity index (χ1) is 15.8. The number of hydrogen-bond acceptors (Lipinski definition) is 3. The highest BCUT2D eigenvalue weighted by atomic mass is 16.2. The van der Waals surface area contributed by atoms with Crippen LogP contribution >= 0.6 is 0 Å². The van der Waals surface area contributed by atoms with Gasteiger partial charge in [-0.15, -0.1) is 0 Å². The van der Waals surface area contributed by atoms with Crippen LogP contribution < -0.4 is 10.6 Å². The molecular weight excluding hydrogens is 414 g/mol. The molecule has 2 N–H and O–H groups in total. The second-order valence-electron chi connectivity index (χ2n) is 8.68. The van der Waals surface area contributed by atoms with E-state index in [2.05, 4.69) is 24.5 Å². The minimum absolute atomic E-state index is 0.361. The lowest BCUT2D eigenvalue weighted by Gasteiger charge is -2.23. The molecule has 4 rings (SSSR count). The molecule has 0 aliphatic carbocycles. The fourth-order valence-corrected chi connectivity index (χ4v) is 4.03. The predicted molar refractivity (Wildman–Crippen MR) is 129 cm³/mol. The van der Waals surface area contributed by atoms with Gasteiger partial charge in [0.15, 0.2) is 0 Å². The third-order valence-corrected chi connectivity index (χ3v) is 6.02. The summed E-state index contributed by atoms with van der Waals surface area (Å²) in [6, 6.07) is 24.2. The fourth-order valence-electron chi connectivity index (χ4n) is 4.03. The highest BCUT2D eigenvalue weighted by Crippen LogP contribution is 2.31. The SMILES string of the molecule is CC(C)c1ccc(C2(C)NC(=O)N(CC(=O)Nc3ccccc3-c3ccccc3)C2=O)cc1. The molecule has 33 heavy (non-hydrogen) atoms. The van der Waals surface area contributed by atoms with Crippen molar-refractivity contribution in [3.8, 4) is 11.1 Å². The summed E-state index contributed by atoms with van der Waals surface area (Å²) in [7, 11) is 0. The first-order valence-electron chi connectivity index (χ1n) is 11.0.